The summed E-state index contributed by atoms with van der Waals surface area (Å²) in [6.07, 6.45) is -0.563. The lowest BCUT2D eigenvalue weighted by Crippen LogP contribution is -2.20. The third kappa shape index (κ3) is 4.33. The maximum atomic E-state index is 12.0. The van der Waals surface area contributed by atoms with E-state index < -0.39 is 6.10 Å². The highest BCUT2D eigenvalue weighted by Gasteiger charge is 2.07. The first kappa shape index (κ1) is 16.0. The van der Waals surface area contributed by atoms with E-state index >= 15 is 0 Å². The molecule has 0 heterocycles. The maximum absolute atomic E-state index is 12.0. The molecule has 0 saturated heterocycles. The summed E-state index contributed by atoms with van der Waals surface area (Å²) in [6, 6.07) is 13.0. The van der Waals surface area contributed by atoms with Crippen LogP contribution in [0.1, 0.15) is 29.7 Å². The highest BCUT2D eigenvalue weighted by molar-refractivity contribution is 5.92. The number of nitrogens with one attached hydrogen (secondary N) is 1. The Balaban J connectivity index is 1.95. The molecule has 1 unspecified atom stereocenters. The lowest BCUT2D eigenvalue weighted by atomic mass is 10.1. The number of aliphatic hydroxyl groups is 1. The van der Waals surface area contributed by atoms with Crippen molar-refractivity contribution in [2.45, 2.75) is 26.9 Å². The molecule has 0 aromatic heterocycles. The molecule has 0 saturated carbocycles. The fourth-order valence-corrected chi connectivity index (χ4v) is 2.07. The van der Waals surface area contributed by atoms with Crippen molar-refractivity contribution in [1.82, 2.24) is 0 Å². The zero-order chi connectivity index (χ0) is 16.1. The molecule has 22 heavy (non-hydrogen) atoms. The fourth-order valence-electron chi connectivity index (χ4n) is 2.07. The number of benzene rings is 2. The van der Waals surface area contributed by atoms with Gasteiger partial charge in [-0.25, -0.2) is 0 Å². The van der Waals surface area contributed by atoms with Crippen LogP contribution < -0.4 is 10.1 Å². The van der Waals surface area contributed by atoms with E-state index in [9.17, 15) is 9.90 Å². The van der Waals surface area contributed by atoms with Crippen molar-refractivity contribution in [3.05, 3.63) is 59.2 Å². The van der Waals surface area contributed by atoms with Crippen LogP contribution in [0.25, 0.3) is 0 Å². The Kier molecular flexibility index (Phi) is 5.17. The fraction of sp³-hybridized carbons (Fsp3) is 0.278. The predicted octanol–water partition coefficient (Wildman–Crippen LogP) is 3.37. The summed E-state index contributed by atoms with van der Waals surface area (Å²) in [5.41, 5.74) is 3.65. The van der Waals surface area contributed by atoms with Gasteiger partial charge in [-0.05, 0) is 55.7 Å². The molecule has 2 aromatic carbocycles. The second-order valence-corrected chi connectivity index (χ2v) is 5.40. The van der Waals surface area contributed by atoms with Crippen molar-refractivity contribution in [2.75, 3.05) is 11.9 Å². The Hall–Kier alpha value is -2.33. The van der Waals surface area contributed by atoms with Gasteiger partial charge in [0, 0.05) is 5.69 Å². The van der Waals surface area contributed by atoms with Gasteiger partial charge < -0.3 is 15.2 Å². The summed E-state index contributed by atoms with van der Waals surface area (Å²) in [7, 11) is 0. The van der Waals surface area contributed by atoms with Crippen molar-refractivity contribution < 1.29 is 14.6 Å². The quantitative estimate of drug-likeness (QED) is 0.890. The largest absolute Gasteiger partial charge is 0.484 e. The predicted molar refractivity (Wildman–Crippen MR) is 87.1 cm³/mol. The number of carbonyl (C=O) groups excluding carboxylic acids is 1. The van der Waals surface area contributed by atoms with E-state index in [2.05, 4.69) is 5.32 Å². The van der Waals surface area contributed by atoms with Crippen LogP contribution in [-0.2, 0) is 4.79 Å². The Labute approximate surface area is 130 Å². The summed E-state index contributed by atoms with van der Waals surface area (Å²) in [5.74, 6) is 0.352. The molecule has 1 atom stereocenters. The molecule has 0 aliphatic heterocycles. The molecule has 2 rings (SSSR count). The van der Waals surface area contributed by atoms with Gasteiger partial charge in [-0.15, -0.1) is 0 Å². The lowest BCUT2D eigenvalue weighted by Gasteiger charge is -2.11. The molecule has 0 spiro atoms. The Morgan fingerprint density at radius 1 is 1.23 bits per heavy atom. The SMILES string of the molecule is Cc1ccc(C)c(NC(=O)COc2cccc(C(C)O)c2)c1. The molecule has 0 fully saturated rings. The van der Waals surface area contributed by atoms with Crippen LogP contribution in [0.4, 0.5) is 5.69 Å². The average molecular weight is 299 g/mol. The standard InChI is InChI=1S/C18H21NO3/c1-12-7-8-13(2)17(9-12)19-18(21)11-22-16-6-4-5-15(10-16)14(3)20/h4-10,14,20H,11H2,1-3H3,(H,19,21). The van der Waals surface area contributed by atoms with E-state index in [-0.39, 0.29) is 12.5 Å². The first-order chi connectivity index (χ1) is 10.5. The number of anilines is 1. The number of hydrogen-bond acceptors (Lipinski definition) is 3. The number of aryl methyl sites for hydroxylation is 2. The van der Waals surface area contributed by atoms with Gasteiger partial charge >= 0.3 is 0 Å². The van der Waals surface area contributed by atoms with Crippen LogP contribution in [0.15, 0.2) is 42.5 Å². The second-order valence-electron chi connectivity index (χ2n) is 5.40. The first-order valence-electron chi connectivity index (χ1n) is 7.23. The van der Waals surface area contributed by atoms with Crippen LogP contribution in [0.5, 0.6) is 5.75 Å². The highest BCUT2D eigenvalue weighted by Crippen LogP contribution is 2.19. The second kappa shape index (κ2) is 7.09. The molecule has 0 aliphatic carbocycles. The molecule has 2 N–H and O–H groups in total. The molecule has 116 valence electrons. The molecule has 1 amide bonds. The molecule has 0 bridgehead atoms. The van der Waals surface area contributed by atoms with Gasteiger partial charge in [0.2, 0.25) is 0 Å². The molecule has 2 aromatic rings. The minimum Gasteiger partial charge on any atom is -0.484 e. The molecular weight excluding hydrogens is 278 g/mol. The molecular formula is C18H21NO3. The molecule has 0 radical (unpaired) electrons. The number of hydrogen-bond donors (Lipinski definition) is 2. The van der Waals surface area contributed by atoms with Crippen LogP contribution in [0.3, 0.4) is 0 Å². The van der Waals surface area contributed by atoms with Crippen molar-refractivity contribution in [2.24, 2.45) is 0 Å². The summed E-state index contributed by atoms with van der Waals surface area (Å²) in [4.78, 5) is 12.0. The van der Waals surface area contributed by atoms with Crippen LogP contribution >= 0.6 is 0 Å². The van der Waals surface area contributed by atoms with Crippen LogP contribution in [0.2, 0.25) is 0 Å². The van der Waals surface area contributed by atoms with Crippen LogP contribution in [-0.4, -0.2) is 17.6 Å². The third-order valence-electron chi connectivity index (χ3n) is 3.38. The number of aliphatic hydroxyl groups excluding tert-OH is 1. The Morgan fingerprint density at radius 2 is 2.00 bits per heavy atom. The van der Waals surface area contributed by atoms with E-state index in [0.717, 1.165) is 22.4 Å². The normalized spacial score (nSPS) is 11.8. The smallest absolute Gasteiger partial charge is 0.262 e. The van der Waals surface area contributed by atoms with Gasteiger partial charge in [-0.1, -0.05) is 24.3 Å². The minimum atomic E-state index is -0.563. The van der Waals surface area contributed by atoms with Gasteiger partial charge in [0.15, 0.2) is 6.61 Å². The molecule has 4 nitrogen and oxygen atoms in total. The van der Waals surface area contributed by atoms with Crippen LogP contribution in [0, 0.1) is 13.8 Å². The van der Waals surface area contributed by atoms with Crippen molar-refractivity contribution in [1.29, 1.82) is 0 Å². The van der Waals surface area contributed by atoms with E-state index in [1.165, 1.54) is 0 Å². The average Bonchev–Trinajstić information content (AvgIpc) is 2.49. The van der Waals surface area contributed by atoms with E-state index in [1.54, 1.807) is 25.1 Å². The first-order valence-corrected chi connectivity index (χ1v) is 7.23. The van der Waals surface area contributed by atoms with Gasteiger partial charge in [0.25, 0.3) is 5.91 Å². The van der Waals surface area contributed by atoms with Crippen molar-refractivity contribution in [3.63, 3.8) is 0 Å². The molecule has 4 heteroatoms. The minimum absolute atomic E-state index is 0.0728. The Bertz CT molecular complexity index is 665. The third-order valence-corrected chi connectivity index (χ3v) is 3.38. The maximum Gasteiger partial charge on any atom is 0.262 e. The number of carbonyl (C=O) groups is 1. The monoisotopic (exact) mass is 299 g/mol. The topological polar surface area (TPSA) is 58.6 Å². The molecule has 0 aliphatic rings. The summed E-state index contributed by atoms with van der Waals surface area (Å²) < 4.78 is 5.48. The van der Waals surface area contributed by atoms with E-state index in [1.807, 2.05) is 38.1 Å². The van der Waals surface area contributed by atoms with Crippen molar-refractivity contribution >= 4 is 11.6 Å². The summed E-state index contributed by atoms with van der Waals surface area (Å²) >= 11 is 0. The van der Waals surface area contributed by atoms with Gasteiger partial charge in [0.05, 0.1) is 6.10 Å². The van der Waals surface area contributed by atoms with Crippen molar-refractivity contribution in [3.8, 4) is 5.75 Å². The highest BCUT2D eigenvalue weighted by atomic mass is 16.5. The number of ether oxygens (including phenoxy) is 1. The zero-order valence-corrected chi connectivity index (χ0v) is 13.1. The summed E-state index contributed by atoms with van der Waals surface area (Å²) in [6.45, 7) is 5.54. The number of amides is 1. The summed E-state index contributed by atoms with van der Waals surface area (Å²) in [5, 5.41) is 12.4. The zero-order valence-electron chi connectivity index (χ0n) is 13.1. The lowest BCUT2D eigenvalue weighted by molar-refractivity contribution is -0.118. The van der Waals surface area contributed by atoms with Gasteiger partial charge in [0.1, 0.15) is 5.75 Å². The number of rotatable bonds is 5. The van der Waals surface area contributed by atoms with E-state index in [4.69, 9.17) is 4.74 Å². The van der Waals surface area contributed by atoms with Gasteiger partial charge in [-0.3, -0.25) is 4.79 Å². The van der Waals surface area contributed by atoms with Gasteiger partial charge in [-0.2, -0.15) is 0 Å². The van der Waals surface area contributed by atoms with E-state index in [0.29, 0.717) is 5.75 Å². The Morgan fingerprint density at radius 3 is 2.73 bits per heavy atom.